The van der Waals surface area contributed by atoms with Crippen molar-refractivity contribution in [2.45, 2.75) is 106 Å². The molecule has 2 nitrogen and oxygen atoms in total. The molecule has 0 saturated heterocycles. The van der Waals surface area contributed by atoms with Crippen LogP contribution in [0.1, 0.15) is 106 Å². The Hall–Kier alpha value is -1.18. The molecule has 4 aliphatic carbocycles. The molecule has 0 heterocycles. The molecule has 0 aromatic heterocycles. The maximum Gasteiger partial charge on any atom is 0.155 e. The van der Waals surface area contributed by atoms with E-state index < -0.39 is 0 Å². The first kappa shape index (κ1) is 23.5. The summed E-state index contributed by atoms with van der Waals surface area (Å²) in [7, 11) is 0. The smallest absolute Gasteiger partial charge is 0.155 e. The van der Waals surface area contributed by atoms with Crippen molar-refractivity contribution >= 4 is 11.6 Å². The number of fused-ring (bicyclic) bond motifs is 2. The Kier molecular flexibility index (Phi) is 7.15. The minimum atomic E-state index is 0.287. The van der Waals surface area contributed by atoms with E-state index in [-0.39, 0.29) is 11.6 Å². The van der Waals surface area contributed by atoms with E-state index in [2.05, 4.69) is 39.8 Å². The van der Waals surface area contributed by atoms with E-state index in [1.165, 1.54) is 44.9 Å². The molecule has 0 amide bonds. The zero-order valence-electron chi connectivity index (χ0n) is 20.4. The van der Waals surface area contributed by atoms with Crippen LogP contribution >= 0.6 is 0 Å². The lowest BCUT2D eigenvalue weighted by atomic mass is 9.57. The van der Waals surface area contributed by atoms with E-state index in [0.29, 0.717) is 16.7 Å². The third-order valence-electron chi connectivity index (χ3n) is 9.32. The van der Waals surface area contributed by atoms with E-state index in [4.69, 9.17) is 0 Å². The van der Waals surface area contributed by atoms with Gasteiger partial charge in [-0.25, -0.2) is 0 Å². The van der Waals surface area contributed by atoms with Gasteiger partial charge >= 0.3 is 0 Å². The van der Waals surface area contributed by atoms with Crippen LogP contribution in [0.3, 0.4) is 0 Å². The van der Waals surface area contributed by atoms with Crippen LogP contribution in [0, 0.1) is 34.5 Å². The number of carbonyl (C=O) groups is 2. The molecule has 2 fully saturated rings. The lowest BCUT2D eigenvalue weighted by Gasteiger charge is -2.47. The molecule has 0 unspecified atom stereocenters. The van der Waals surface area contributed by atoms with E-state index >= 15 is 0 Å². The average molecular weight is 413 g/mol. The molecule has 2 heteroatoms. The van der Waals surface area contributed by atoms with Gasteiger partial charge in [-0.15, -0.1) is 0 Å². The van der Waals surface area contributed by atoms with Crippen molar-refractivity contribution in [1.82, 2.24) is 0 Å². The van der Waals surface area contributed by atoms with Gasteiger partial charge in [0.1, 0.15) is 0 Å². The number of hydrogen-bond acceptors (Lipinski definition) is 2. The lowest BCUT2D eigenvalue weighted by molar-refractivity contribution is -0.115. The van der Waals surface area contributed by atoms with Gasteiger partial charge in [-0.1, -0.05) is 65.5 Å². The van der Waals surface area contributed by atoms with E-state index in [0.717, 1.165) is 48.2 Å². The fourth-order valence-electron chi connectivity index (χ4n) is 7.10. The molecule has 0 aliphatic heterocycles. The maximum absolute atomic E-state index is 11.4. The minimum Gasteiger partial charge on any atom is -0.295 e. The molecule has 0 aromatic carbocycles. The number of Topliss-reactive ketones (excluding diaryl/α,β-unsaturated/α-hetero) is 2. The van der Waals surface area contributed by atoms with Crippen molar-refractivity contribution in [2.75, 3.05) is 0 Å². The second kappa shape index (κ2) is 9.13. The molecule has 0 spiro atoms. The van der Waals surface area contributed by atoms with Gasteiger partial charge in [0, 0.05) is 0 Å². The first-order valence-corrected chi connectivity index (χ1v) is 12.5. The Bertz CT molecular complexity index is 725. The predicted molar refractivity (Wildman–Crippen MR) is 125 cm³/mol. The van der Waals surface area contributed by atoms with Crippen LogP contribution in [0.25, 0.3) is 0 Å². The highest BCUT2D eigenvalue weighted by Gasteiger charge is 2.43. The number of ketones is 2. The van der Waals surface area contributed by atoms with Crippen molar-refractivity contribution in [2.24, 2.45) is 34.5 Å². The average Bonchev–Trinajstić information content (AvgIpc) is 2.67. The second-order valence-electron chi connectivity index (χ2n) is 11.6. The summed E-state index contributed by atoms with van der Waals surface area (Å²) in [5, 5.41) is 0. The van der Waals surface area contributed by atoms with Crippen molar-refractivity contribution in [3.8, 4) is 0 Å². The fourth-order valence-corrected chi connectivity index (χ4v) is 7.10. The Balaban J connectivity index is 0.000000171. The Morgan fingerprint density at radius 2 is 1.47 bits per heavy atom. The molecule has 168 valence electrons. The minimum absolute atomic E-state index is 0.287. The summed E-state index contributed by atoms with van der Waals surface area (Å²) in [6.07, 6.45) is 17.0. The number of hydrogen-bond donors (Lipinski definition) is 0. The topological polar surface area (TPSA) is 34.1 Å². The number of carbonyl (C=O) groups excluding carboxylic acids is 2. The van der Waals surface area contributed by atoms with Gasteiger partial charge in [0.15, 0.2) is 11.6 Å². The summed E-state index contributed by atoms with van der Waals surface area (Å²) in [6.45, 7) is 13.0. The van der Waals surface area contributed by atoms with Gasteiger partial charge in [0.25, 0.3) is 0 Å². The van der Waals surface area contributed by atoms with Crippen molar-refractivity contribution in [1.29, 1.82) is 0 Å². The van der Waals surface area contributed by atoms with E-state index in [1.54, 1.807) is 13.8 Å². The summed E-state index contributed by atoms with van der Waals surface area (Å²) in [5.41, 5.74) is 3.14. The zero-order valence-corrected chi connectivity index (χ0v) is 20.4. The highest BCUT2D eigenvalue weighted by atomic mass is 16.1. The van der Waals surface area contributed by atoms with Crippen molar-refractivity contribution in [3.63, 3.8) is 0 Å². The molecule has 0 bridgehead atoms. The summed E-state index contributed by atoms with van der Waals surface area (Å²) >= 11 is 0. The predicted octanol–water partition coefficient (Wildman–Crippen LogP) is 7.48. The normalized spacial score (nSPS) is 40.6. The van der Waals surface area contributed by atoms with Crippen molar-refractivity contribution < 1.29 is 9.59 Å². The Labute approximate surface area is 185 Å². The van der Waals surface area contributed by atoms with Crippen LogP contribution in [0.5, 0.6) is 0 Å². The fraction of sp³-hybridized carbons (Fsp3) is 0.786. The molecular weight excluding hydrogens is 368 g/mol. The molecule has 4 aliphatic rings. The molecular formula is C28H44O2. The van der Waals surface area contributed by atoms with Crippen LogP contribution in [-0.4, -0.2) is 11.6 Å². The lowest BCUT2D eigenvalue weighted by Crippen LogP contribution is -2.38. The molecule has 0 N–H and O–H groups in total. The highest BCUT2D eigenvalue weighted by Crippen LogP contribution is 2.52. The van der Waals surface area contributed by atoms with Crippen molar-refractivity contribution in [3.05, 3.63) is 23.3 Å². The highest BCUT2D eigenvalue weighted by molar-refractivity contribution is 5.93. The summed E-state index contributed by atoms with van der Waals surface area (Å²) in [4.78, 5) is 22.8. The first-order chi connectivity index (χ1) is 14.1. The van der Waals surface area contributed by atoms with E-state index in [9.17, 15) is 9.59 Å². The van der Waals surface area contributed by atoms with E-state index in [1.807, 2.05) is 0 Å². The molecule has 2 saturated carbocycles. The Morgan fingerprint density at radius 3 is 2.10 bits per heavy atom. The molecule has 0 aromatic rings. The summed E-state index contributed by atoms with van der Waals surface area (Å²) in [5.74, 6) is 3.53. The standard InChI is InChI=1S/2C14H22O/c2*1-10-5-4-7-14(3)8-6-12(11(2)15)9-13(10)14/h9-10,13H,4-8H2,1-3H3;6,10,13H,4-5,7-9H2,1-3H3/t2*10-,13-,14-/m11/s1. The van der Waals surface area contributed by atoms with Gasteiger partial charge in [-0.2, -0.15) is 0 Å². The summed E-state index contributed by atoms with van der Waals surface area (Å²) in [6, 6.07) is 0. The zero-order chi connectivity index (χ0) is 22.1. The van der Waals surface area contributed by atoms with Gasteiger partial charge in [-0.05, 0) is 98.0 Å². The molecule has 6 atom stereocenters. The second-order valence-corrected chi connectivity index (χ2v) is 11.6. The third-order valence-corrected chi connectivity index (χ3v) is 9.32. The Morgan fingerprint density at radius 1 is 0.867 bits per heavy atom. The van der Waals surface area contributed by atoms with Crippen LogP contribution < -0.4 is 0 Å². The third kappa shape index (κ3) is 4.83. The maximum atomic E-state index is 11.4. The summed E-state index contributed by atoms with van der Waals surface area (Å²) < 4.78 is 0. The van der Waals surface area contributed by atoms with Gasteiger partial charge < -0.3 is 0 Å². The van der Waals surface area contributed by atoms with Gasteiger partial charge in [0.05, 0.1) is 0 Å². The molecule has 0 radical (unpaired) electrons. The van der Waals surface area contributed by atoms with Gasteiger partial charge in [-0.3, -0.25) is 9.59 Å². The van der Waals surface area contributed by atoms with Gasteiger partial charge in [0.2, 0.25) is 0 Å². The largest absolute Gasteiger partial charge is 0.295 e. The van der Waals surface area contributed by atoms with Crippen LogP contribution in [-0.2, 0) is 9.59 Å². The first-order valence-electron chi connectivity index (χ1n) is 12.5. The molecule has 4 rings (SSSR count). The quantitative estimate of drug-likeness (QED) is 0.471. The van der Waals surface area contributed by atoms with Crippen LogP contribution in [0.2, 0.25) is 0 Å². The SMILES string of the molecule is CC(=O)C1=CC[C@@]2(C)CCC[C@@H](C)[C@H]2C1.CC(=O)C1=C[C@@H]2[C@H](C)CCC[C@]2(C)CC1. The molecule has 30 heavy (non-hydrogen) atoms. The number of allylic oxidation sites excluding steroid dienone is 4. The monoisotopic (exact) mass is 412 g/mol. The number of rotatable bonds is 2. The van der Waals surface area contributed by atoms with Crippen LogP contribution in [0.15, 0.2) is 23.3 Å². The van der Waals surface area contributed by atoms with Crippen LogP contribution in [0.4, 0.5) is 0 Å².